The highest BCUT2D eigenvalue weighted by Crippen LogP contribution is 2.24. The van der Waals surface area contributed by atoms with Crippen molar-refractivity contribution in [2.24, 2.45) is 5.73 Å². The van der Waals surface area contributed by atoms with Crippen LogP contribution in [0, 0.1) is 11.6 Å². The van der Waals surface area contributed by atoms with E-state index < -0.39 is 23.2 Å². The van der Waals surface area contributed by atoms with Crippen molar-refractivity contribution in [3.63, 3.8) is 0 Å². The average Bonchev–Trinajstić information content (AvgIpc) is 1.92. The molecule has 0 aliphatic carbocycles. The van der Waals surface area contributed by atoms with Gasteiger partial charge in [0.25, 0.3) is 0 Å². The van der Waals surface area contributed by atoms with Gasteiger partial charge in [0.1, 0.15) is 11.6 Å². The molecule has 1 aromatic rings. The van der Waals surface area contributed by atoms with E-state index in [0.717, 1.165) is 6.07 Å². The largest absolute Gasteiger partial charge is 0.329 e. The van der Waals surface area contributed by atoms with Crippen molar-refractivity contribution >= 4 is 0 Å². The summed E-state index contributed by atoms with van der Waals surface area (Å²) in [5.74, 6) is -2.17. The molecule has 0 saturated heterocycles. The molecule has 0 aromatic heterocycles. The fourth-order valence-corrected chi connectivity index (χ4v) is 0.753. The Balaban J connectivity index is 3.23. The van der Waals surface area contributed by atoms with Crippen LogP contribution in [0.5, 0.6) is 0 Å². The monoisotopic (exact) mass is 179 g/mol. The van der Waals surface area contributed by atoms with E-state index in [1.54, 1.807) is 0 Å². The summed E-state index contributed by atoms with van der Waals surface area (Å²) in [7, 11) is 0. The summed E-state index contributed by atoms with van der Waals surface area (Å²) < 4.78 is 49.4. The van der Waals surface area contributed by atoms with E-state index >= 15 is 0 Å². The first-order valence-corrected chi connectivity index (χ1v) is 3.03. The number of benzene rings is 1. The van der Waals surface area contributed by atoms with Crippen LogP contribution in [-0.4, -0.2) is 0 Å². The summed E-state index contributed by atoms with van der Waals surface area (Å²) in [4.78, 5) is 0. The van der Waals surface area contributed by atoms with Gasteiger partial charge in [-0.25, -0.2) is 8.78 Å². The molecule has 0 atom stereocenters. The smallest absolute Gasteiger partial charge is 0.268 e. The Kier molecular flexibility index (Phi) is 2.06. The van der Waals surface area contributed by atoms with E-state index in [0.29, 0.717) is 12.1 Å². The van der Waals surface area contributed by atoms with Gasteiger partial charge in [0.2, 0.25) is 0 Å². The second kappa shape index (κ2) is 2.75. The van der Waals surface area contributed by atoms with Crippen LogP contribution in [0.3, 0.4) is 0 Å². The first-order valence-electron chi connectivity index (χ1n) is 3.03. The third-order valence-electron chi connectivity index (χ3n) is 1.29. The lowest BCUT2D eigenvalue weighted by molar-refractivity contribution is -0.000919. The number of halogens is 4. The Morgan fingerprint density at radius 3 is 2.17 bits per heavy atom. The Labute approximate surface area is 65.8 Å². The highest BCUT2D eigenvalue weighted by Gasteiger charge is 2.29. The molecule has 0 heterocycles. The van der Waals surface area contributed by atoms with E-state index in [1.807, 2.05) is 0 Å². The molecule has 0 aliphatic heterocycles. The van der Waals surface area contributed by atoms with Gasteiger partial charge in [0.15, 0.2) is 0 Å². The van der Waals surface area contributed by atoms with Gasteiger partial charge in [0.05, 0.1) is 5.56 Å². The molecule has 1 nitrogen and oxygen atoms in total. The summed E-state index contributed by atoms with van der Waals surface area (Å²) in [6.07, 6.45) is 0. The molecule has 0 radical (unpaired) electrons. The molecule has 0 aliphatic rings. The minimum absolute atomic E-state index is 0.370. The Bertz CT molecular complexity index is 292. The van der Waals surface area contributed by atoms with Gasteiger partial charge in [-0.15, -0.1) is 0 Å². The molecule has 0 spiro atoms. The molecule has 0 fully saturated rings. The second-order valence-electron chi connectivity index (χ2n) is 2.25. The predicted octanol–water partition coefficient (Wildman–Crippen LogP) is 1.97. The van der Waals surface area contributed by atoms with Gasteiger partial charge in [-0.05, 0) is 18.2 Å². The summed E-state index contributed by atoms with van der Waals surface area (Å²) in [6, 6.07) is -2.13. The molecule has 0 unspecified atom stereocenters. The molecular weight excluding hydrogens is 174 g/mol. The highest BCUT2D eigenvalue weighted by atomic mass is 19.3. The maximum atomic E-state index is 12.5. The molecule has 1 aromatic carbocycles. The lowest BCUT2D eigenvalue weighted by atomic mass is 10.2. The first-order chi connectivity index (χ1) is 5.41. The van der Waals surface area contributed by atoms with Crippen molar-refractivity contribution in [2.45, 2.75) is 6.05 Å². The number of hydrogen-bond donors (Lipinski definition) is 1. The van der Waals surface area contributed by atoms with E-state index in [1.165, 1.54) is 0 Å². The van der Waals surface area contributed by atoms with Gasteiger partial charge in [0, 0.05) is 0 Å². The lowest BCUT2D eigenvalue weighted by Crippen LogP contribution is -2.26. The second-order valence-corrected chi connectivity index (χ2v) is 2.25. The van der Waals surface area contributed by atoms with Crippen molar-refractivity contribution in [2.75, 3.05) is 0 Å². The molecule has 0 amide bonds. The van der Waals surface area contributed by atoms with Gasteiger partial charge in [-0.2, -0.15) is 8.78 Å². The van der Waals surface area contributed by atoms with Crippen LogP contribution < -0.4 is 5.73 Å². The van der Waals surface area contributed by atoms with Crippen LogP contribution in [-0.2, 0) is 6.05 Å². The standard InChI is InChI=1S/C7H5F4N/c8-4-1-2-6(9)5(3-4)7(10,11)12/h1-3H,12H2. The van der Waals surface area contributed by atoms with Gasteiger partial charge in [-0.3, -0.25) is 5.73 Å². The predicted molar refractivity (Wildman–Crippen MR) is 34.4 cm³/mol. The number of rotatable bonds is 1. The van der Waals surface area contributed by atoms with Crippen molar-refractivity contribution < 1.29 is 17.6 Å². The maximum absolute atomic E-state index is 12.5. The number of hydrogen-bond acceptors (Lipinski definition) is 1. The normalized spacial score (nSPS) is 11.8. The zero-order valence-corrected chi connectivity index (χ0v) is 5.82. The van der Waals surface area contributed by atoms with E-state index in [-0.39, 0.29) is 0 Å². The van der Waals surface area contributed by atoms with Gasteiger partial charge >= 0.3 is 6.05 Å². The molecule has 0 saturated carbocycles. The Hall–Kier alpha value is -1.10. The number of alkyl halides is 2. The molecule has 5 heteroatoms. The summed E-state index contributed by atoms with van der Waals surface area (Å²) in [6.45, 7) is 0. The molecule has 66 valence electrons. The van der Waals surface area contributed by atoms with Crippen molar-refractivity contribution in [3.8, 4) is 0 Å². The molecule has 2 N–H and O–H groups in total. The number of nitrogens with two attached hydrogens (primary N) is 1. The summed E-state index contributed by atoms with van der Waals surface area (Å²) in [5, 5.41) is 0. The summed E-state index contributed by atoms with van der Waals surface area (Å²) >= 11 is 0. The molecular formula is C7H5F4N. The SMILES string of the molecule is NC(F)(F)c1cc(F)ccc1F. The quantitative estimate of drug-likeness (QED) is 0.517. The van der Waals surface area contributed by atoms with Crippen LogP contribution in [0.15, 0.2) is 18.2 Å². The van der Waals surface area contributed by atoms with Crippen molar-refractivity contribution in [1.82, 2.24) is 0 Å². The minimum atomic E-state index is -3.84. The van der Waals surface area contributed by atoms with Crippen LogP contribution in [0.2, 0.25) is 0 Å². The first kappa shape index (κ1) is 8.99. The molecule has 0 bridgehead atoms. The summed E-state index contributed by atoms with van der Waals surface area (Å²) in [5.41, 5.74) is 3.15. The highest BCUT2D eigenvalue weighted by molar-refractivity contribution is 5.22. The van der Waals surface area contributed by atoms with Gasteiger partial charge < -0.3 is 0 Å². The van der Waals surface area contributed by atoms with Gasteiger partial charge in [-0.1, -0.05) is 0 Å². The zero-order chi connectivity index (χ0) is 9.35. The van der Waals surface area contributed by atoms with Crippen molar-refractivity contribution in [1.29, 1.82) is 0 Å². The van der Waals surface area contributed by atoms with Crippen LogP contribution in [0.25, 0.3) is 0 Å². The van der Waals surface area contributed by atoms with E-state index in [2.05, 4.69) is 5.73 Å². The molecule has 12 heavy (non-hydrogen) atoms. The topological polar surface area (TPSA) is 26.0 Å². The van der Waals surface area contributed by atoms with Crippen molar-refractivity contribution in [3.05, 3.63) is 35.4 Å². The van der Waals surface area contributed by atoms with Crippen LogP contribution in [0.4, 0.5) is 17.6 Å². The zero-order valence-electron chi connectivity index (χ0n) is 5.82. The fourth-order valence-electron chi connectivity index (χ4n) is 0.753. The van der Waals surface area contributed by atoms with E-state index in [4.69, 9.17) is 0 Å². The van der Waals surface area contributed by atoms with Crippen LogP contribution >= 0.6 is 0 Å². The third kappa shape index (κ3) is 1.73. The fraction of sp³-hybridized carbons (Fsp3) is 0.143. The minimum Gasteiger partial charge on any atom is -0.268 e. The van der Waals surface area contributed by atoms with Crippen LogP contribution in [0.1, 0.15) is 5.56 Å². The average molecular weight is 179 g/mol. The third-order valence-corrected chi connectivity index (χ3v) is 1.29. The van der Waals surface area contributed by atoms with E-state index in [9.17, 15) is 17.6 Å². The Morgan fingerprint density at radius 1 is 1.17 bits per heavy atom. The lowest BCUT2D eigenvalue weighted by Gasteiger charge is -2.10. The maximum Gasteiger partial charge on any atom is 0.329 e. The Morgan fingerprint density at radius 2 is 1.75 bits per heavy atom. The molecule has 1 rings (SSSR count).